The molecule has 0 aliphatic rings. The summed E-state index contributed by atoms with van der Waals surface area (Å²) in [4.78, 5) is 8.70. The lowest BCUT2D eigenvalue weighted by Gasteiger charge is -2.07. The average Bonchev–Trinajstić information content (AvgIpc) is 2.43. The molecule has 0 unspecified atom stereocenters. The largest absolute Gasteiger partial charge is 0.285 e. The van der Waals surface area contributed by atoms with E-state index in [1.54, 1.807) is 0 Å². The minimum Gasteiger partial charge on any atom is -0.285 e. The molecule has 2 aromatic rings. The zero-order valence-electron chi connectivity index (χ0n) is 8.42. The fourth-order valence-corrected chi connectivity index (χ4v) is 1.61. The Morgan fingerprint density at radius 1 is 1.15 bits per heavy atom. The number of hydrogen-bond acceptors (Lipinski definition) is 2. The molecule has 0 spiro atoms. The number of nitrogens with zero attached hydrogens (tertiary/aromatic N) is 3. The van der Waals surface area contributed by atoms with Crippen molar-refractivity contribution >= 4 is 5.65 Å². The summed E-state index contributed by atoms with van der Waals surface area (Å²) in [5.74, 6) is 1.00. The Morgan fingerprint density at radius 2 is 1.85 bits per heavy atom. The Morgan fingerprint density at radius 3 is 2.54 bits per heavy atom. The van der Waals surface area contributed by atoms with E-state index in [0.717, 1.165) is 17.2 Å². The molecule has 0 fully saturated rings. The molecule has 68 valence electrons. The zero-order chi connectivity index (χ0) is 9.59. The van der Waals surface area contributed by atoms with Crippen LogP contribution in [0.5, 0.6) is 0 Å². The van der Waals surface area contributed by atoms with E-state index in [1.807, 2.05) is 20.0 Å². The van der Waals surface area contributed by atoms with Gasteiger partial charge in [-0.3, -0.25) is 4.40 Å². The van der Waals surface area contributed by atoms with Gasteiger partial charge in [0.15, 0.2) is 5.65 Å². The van der Waals surface area contributed by atoms with Crippen molar-refractivity contribution in [2.75, 3.05) is 0 Å². The van der Waals surface area contributed by atoms with Crippen LogP contribution < -0.4 is 0 Å². The molecule has 2 rings (SSSR count). The Kier molecular flexibility index (Phi) is 1.62. The van der Waals surface area contributed by atoms with Gasteiger partial charge in [-0.25, -0.2) is 9.97 Å². The second kappa shape index (κ2) is 2.55. The number of aryl methyl sites for hydroxylation is 3. The molecule has 3 heteroatoms. The van der Waals surface area contributed by atoms with E-state index in [0.29, 0.717) is 0 Å². The van der Waals surface area contributed by atoms with Crippen molar-refractivity contribution in [1.82, 2.24) is 14.4 Å². The van der Waals surface area contributed by atoms with Gasteiger partial charge in [0.2, 0.25) is 0 Å². The van der Waals surface area contributed by atoms with Gasteiger partial charge >= 0.3 is 0 Å². The van der Waals surface area contributed by atoms with Crippen LogP contribution in [0, 0.1) is 27.7 Å². The van der Waals surface area contributed by atoms with Crippen molar-refractivity contribution in [1.29, 1.82) is 0 Å². The third-order valence-corrected chi connectivity index (χ3v) is 2.62. The molecular weight excluding hydrogens is 162 g/mol. The first-order valence-corrected chi connectivity index (χ1v) is 4.39. The maximum atomic E-state index is 4.46. The molecule has 0 amide bonds. The number of imidazole rings is 1. The molecule has 2 heterocycles. The Bertz CT molecular complexity index is 468. The van der Waals surface area contributed by atoms with Crippen molar-refractivity contribution in [3.63, 3.8) is 0 Å². The third-order valence-electron chi connectivity index (χ3n) is 2.62. The molecule has 0 aromatic carbocycles. The molecule has 0 aliphatic heterocycles. The second-order valence-corrected chi connectivity index (χ2v) is 3.41. The van der Waals surface area contributed by atoms with Crippen LogP contribution in [0.2, 0.25) is 0 Å². The van der Waals surface area contributed by atoms with E-state index in [-0.39, 0.29) is 0 Å². The lowest BCUT2D eigenvalue weighted by Crippen LogP contribution is -2.01. The van der Waals surface area contributed by atoms with Crippen LogP contribution in [0.25, 0.3) is 5.65 Å². The summed E-state index contributed by atoms with van der Waals surface area (Å²) in [5.41, 5.74) is 4.51. The first-order chi connectivity index (χ1) is 6.11. The van der Waals surface area contributed by atoms with Crippen LogP contribution in [0.1, 0.15) is 22.8 Å². The summed E-state index contributed by atoms with van der Waals surface area (Å²) in [7, 11) is 0. The maximum Gasteiger partial charge on any atom is 0.157 e. The van der Waals surface area contributed by atoms with Crippen molar-refractivity contribution in [2.45, 2.75) is 27.7 Å². The molecule has 2 aromatic heterocycles. The highest BCUT2D eigenvalue weighted by Crippen LogP contribution is 2.14. The van der Waals surface area contributed by atoms with Gasteiger partial charge in [-0.1, -0.05) is 0 Å². The average molecular weight is 175 g/mol. The van der Waals surface area contributed by atoms with Crippen molar-refractivity contribution in [3.05, 3.63) is 29.0 Å². The quantitative estimate of drug-likeness (QED) is 0.612. The van der Waals surface area contributed by atoms with E-state index in [4.69, 9.17) is 0 Å². The predicted molar refractivity (Wildman–Crippen MR) is 51.9 cm³/mol. The fourth-order valence-electron chi connectivity index (χ4n) is 1.61. The first-order valence-electron chi connectivity index (χ1n) is 4.39. The molecule has 3 nitrogen and oxygen atoms in total. The van der Waals surface area contributed by atoms with E-state index < -0.39 is 0 Å². The van der Waals surface area contributed by atoms with Gasteiger partial charge in [0.1, 0.15) is 5.82 Å². The van der Waals surface area contributed by atoms with Gasteiger partial charge in [0, 0.05) is 11.4 Å². The molecule has 0 aliphatic carbocycles. The minimum atomic E-state index is 0.943. The Labute approximate surface area is 77.4 Å². The van der Waals surface area contributed by atoms with E-state index in [9.17, 15) is 0 Å². The summed E-state index contributed by atoms with van der Waals surface area (Å²) in [5, 5.41) is 0. The van der Waals surface area contributed by atoms with Crippen LogP contribution in [-0.4, -0.2) is 14.4 Å². The standard InChI is InChI=1S/C10H13N3/c1-6-7(2)12-10-5-11-9(4)13(10)8(6)3/h5H,1-4H3. The lowest BCUT2D eigenvalue weighted by molar-refractivity contribution is 0.940. The SMILES string of the molecule is Cc1nc2cnc(C)n2c(C)c1C. The van der Waals surface area contributed by atoms with Gasteiger partial charge in [-0.15, -0.1) is 0 Å². The highest BCUT2D eigenvalue weighted by molar-refractivity contribution is 5.43. The minimum absolute atomic E-state index is 0.943. The van der Waals surface area contributed by atoms with Crippen LogP contribution >= 0.6 is 0 Å². The van der Waals surface area contributed by atoms with E-state index >= 15 is 0 Å². The molecular formula is C10H13N3. The topological polar surface area (TPSA) is 30.2 Å². The van der Waals surface area contributed by atoms with E-state index in [1.165, 1.54) is 11.3 Å². The van der Waals surface area contributed by atoms with E-state index in [2.05, 4.69) is 28.2 Å². The number of fused-ring (bicyclic) bond motifs is 1. The molecule has 0 atom stereocenters. The Balaban J connectivity index is 2.97. The first kappa shape index (κ1) is 8.23. The summed E-state index contributed by atoms with van der Waals surface area (Å²) in [6.45, 7) is 8.23. The van der Waals surface area contributed by atoms with Gasteiger partial charge < -0.3 is 0 Å². The van der Waals surface area contributed by atoms with Gasteiger partial charge in [0.05, 0.1) is 6.20 Å². The molecule has 0 saturated heterocycles. The Hall–Kier alpha value is -1.38. The van der Waals surface area contributed by atoms with Crippen LogP contribution in [0.15, 0.2) is 6.20 Å². The van der Waals surface area contributed by atoms with Crippen molar-refractivity contribution < 1.29 is 0 Å². The van der Waals surface area contributed by atoms with Crippen LogP contribution in [0.3, 0.4) is 0 Å². The number of rotatable bonds is 0. The molecule has 0 saturated carbocycles. The normalized spacial score (nSPS) is 11.1. The fraction of sp³-hybridized carbons (Fsp3) is 0.400. The molecule has 13 heavy (non-hydrogen) atoms. The van der Waals surface area contributed by atoms with Gasteiger partial charge in [-0.05, 0) is 33.3 Å². The molecule has 0 N–H and O–H groups in total. The molecule has 0 radical (unpaired) electrons. The predicted octanol–water partition coefficient (Wildman–Crippen LogP) is 1.96. The second-order valence-electron chi connectivity index (χ2n) is 3.41. The van der Waals surface area contributed by atoms with Crippen molar-refractivity contribution in [2.24, 2.45) is 0 Å². The highest BCUT2D eigenvalue weighted by atomic mass is 15.1. The van der Waals surface area contributed by atoms with Crippen LogP contribution in [-0.2, 0) is 0 Å². The number of hydrogen-bond donors (Lipinski definition) is 0. The molecule has 0 bridgehead atoms. The van der Waals surface area contributed by atoms with Crippen LogP contribution in [0.4, 0.5) is 0 Å². The summed E-state index contributed by atoms with van der Waals surface area (Å²) >= 11 is 0. The van der Waals surface area contributed by atoms with Gasteiger partial charge in [0.25, 0.3) is 0 Å². The summed E-state index contributed by atoms with van der Waals surface area (Å²) < 4.78 is 2.09. The monoisotopic (exact) mass is 175 g/mol. The smallest absolute Gasteiger partial charge is 0.157 e. The summed E-state index contributed by atoms with van der Waals surface area (Å²) in [6.07, 6.45) is 1.81. The van der Waals surface area contributed by atoms with Crippen molar-refractivity contribution in [3.8, 4) is 0 Å². The number of aromatic nitrogens is 3. The highest BCUT2D eigenvalue weighted by Gasteiger charge is 2.07. The lowest BCUT2D eigenvalue weighted by atomic mass is 10.2. The zero-order valence-corrected chi connectivity index (χ0v) is 8.42. The summed E-state index contributed by atoms with van der Waals surface area (Å²) in [6, 6.07) is 0. The third kappa shape index (κ3) is 1.03. The van der Waals surface area contributed by atoms with Gasteiger partial charge in [-0.2, -0.15) is 0 Å². The maximum absolute atomic E-state index is 4.46.